The summed E-state index contributed by atoms with van der Waals surface area (Å²) in [4.78, 5) is 11.5. The number of hydrogen-bond donors (Lipinski definition) is 2. The van der Waals surface area contributed by atoms with Gasteiger partial charge in [0.25, 0.3) is 0 Å². The van der Waals surface area contributed by atoms with Gasteiger partial charge in [0.15, 0.2) is 0 Å². The lowest BCUT2D eigenvalue weighted by Crippen LogP contribution is -2.33. The number of ether oxygens (including phenoxy) is 1. The number of benzene rings is 1. The van der Waals surface area contributed by atoms with Crippen LogP contribution < -0.4 is 5.32 Å². The number of aliphatic carboxylic acids is 1. The van der Waals surface area contributed by atoms with E-state index < -0.39 is 11.9 Å². The number of anilines is 1. The van der Waals surface area contributed by atoms with Crippen molar-refractivity contribution in [3.63, 3.8) is 0 Å². The van der Waals surface area contributed by atoms with Crippen LogP contribution in [0.15, 0.2) is 30.3 Å². The Kier molecular flexibility index (Phi) is 5.19. The molecule has 2 aromatic rings. The molecule has 1 fully saturated rings. The monoisotopic (exact) mass is 333 g/mol. The lowest BCUT2D eigenvalue weighted by atomic mass is 9.86. The zero-order chi connectivity index (χ0) is 16.1. The topological polar surface area (TPSA) is 84.3 Å². The largest absolute Gasteiger partial charge is 0.481 e. The molecule has 1 aromatic carbocycles. The van der Waals surface area contributed by atoms with E-state index >= 15 is 0 Å². The third-order valence-electron chi connectivity index (χ3n) is 4.07. The van der Waals surface area contributed by atoms with Gasteiger partial charge in [0.1, 0.15) is 5.01 Å². The van der Waals surface area contributed by atoms with E-state index in [1.807, 2.05) is 30.3 Å². The smallest absolute Gasteiger partial charge is 0.308 e. The van der Waals surface area contributed by atoms with Crippen LogP contribution in [-0.2, 0) is 9.53 Å². The average molecular weight is 333 g/mol. The summed E-state index contributed by atoms with van der Waals surface area (Å²) < 4.78 is 5.31. The van der Waals surface area contributed by atoms with Crippen molar-refractivity contribution in [3.05, 3.63) is 30.3 Å². The predicted molar refractivity (Wildman–Crippen MR) is 88.5 cm³/mol. The van der Waals surface area contributed by atoms with Crippen LogP contribution in [0.5, 0.6) is 0 Å². The number of hydrogen-bond acceptors (Lipinski definition) is 6. The molecule has 0 saturated carbocycles. The Morgan fingerprint density at radius 1 is 1.30 bits per heavy atom. The minimum absolute atomic E-state index is 0.148. The molecule has 3 rings (SSSR count). The van der Waals surface area contributed by atoms with Gasteiger partial charge in [0.05, 0.1) is 5.92 Å². The van der Waals surface area contributed by atoms with Gasteiger partial charge in [-0.3, -0.25) is 4.79 Å². The van der Waals surface area contributed by atoms with Crippen LogP contribution >= 0.6 is 11.3 Å². The van der Waals surface area contributed by atoms with Crippen LogP contribution in [-0.4, -0.2) is 41.0 Å². The molecule has 7 heteroatoms. The molecule has 1 aromatic heterocycles. The van der Waals surface area contributed by atoms with Crippen molar-refractivity contribution >= 4 is 22.4 Å². The van der Waals surface area contributed by atoms with E-state index in [1.54, 1.807) is 0 Å². The molecule has 0 radical (unpaired) electrons. The molecule has 1 aliphatic heterocycles. The Labute approximate surface area is 138 Å². The SMILES string of the molecule is O=C(O)C(CNc1nnc(-c2ccccc2)s1)C1CCOCC1. The fourth-order valence-corrected chi connectivity index (χ4v) is 3.52. The van der Waals surface area contributed by atoms with Gasteiger partial charge in [-0.25, -0.2) is 0 Å². The van der Waals surface area contributed by atoms with Gasteiger partial charge in [-0.1, -0.05) is 41.7 Å². The zero-order valence-electron chi connectivity index (χ0n) is 12.6. The number of carboxylic acid groups (broad SMARTS) is 1. The predicted octanol–water partition coefficient (Wildman–Crippen LogP) is 2.74. The quantitative estimate of drug-likeness (QED) is 0.845. The molecule has 0 aliphatic carbocycles. The molecule has 23 heavy (non-hydrogen) atoms. The summed E-state index contributed by atoms with van der Waals surface area (Å²) in [7, 11) is 0. The van der Waals surface area contributed by atoms with Gasteiger partial charge < -0.3 is 15.2 Å². The summed E-state index contributed by atoms with van der Waals surface area (Å²) in [5.41, 5.74) is 1.01. The molecule has 0 spiro atoms. The van der Waals surface area contributed by atoms with Crippen LogP contribution in [0.2, 0.25) is 0 Å². The van der Waals surface area contributed by atoms with E-state index in [0.29, 0.717) is 24.9 Å². The highest BCUT2D eigenvalue weighted by molar-refractivity contribution is 7.18. The van der Waals surface area contributed by atoms with E-state index in [2.05, 4.69) is 15.5 Å². The second-order valence-electron chi connectivity index (χ2n) is 5.55. The third-order valence-corrected chi connectivity index (χ3v) is 5.00. The van der Waals surface area contributed by atoms with Crippen molar-refractivity contribution in [3.8, 4) is 10.6 Å². The summed E-state index contributed by atoms with van der Waals surface area (Å²) in [5.74, 6) is -1.05. The normalized spacial score (nSPS) is 16.9. The minimum Gasteiger partial charge on any atom is -0.481 e. The van der Waals surface area contributed by atoms with Crippen molar-refractivity contribution in [1.82, 2.24) is 10.2 Å². The molecule has 1 atom stereocenters. The van der Waals surface area contributed by atoms with Gasteiger partial charge in [0, 0.05) is 25.3 Å². The Balaban J connectivity index is 1.62. The molecular weight excluding hydrogens is 314 g/mol. The maximum atomic E-state index is 11.5. The van der Waals surface area contributed by atoms with E-state index in [4.69, 9.17) is 4.74 Å². The summed E-state index contributed by atoms with van der Waals surface area (Å²) in [6.45, 7) is 1.65. The molecule has 1 saturated heterocycles. The number of nitrogens with one attached hydrogen (secondary N) is 1. The van der Waals surface area contributed by atoms with Crippen LogP contribution in [0, 0.1) is 11.8 Å². The summed E-state index contributed by atoms with van der Waals surface area (Å²) in [6.07, 6.45) is 1.59. The molecule has 0 amide bonds. The molecule has 0 bridgehead atoms. The molecule has 6 nitrogen and oxygen atoms in total. The Morgan fingerprint density at radius 2 is 2.04 bits per heavy atom. The number of aromatic nitrogens is 2. The van der Waals surface area contributed by atoms with Gasteiger partial charge >= 0.3 is 5.97 Å². The van der Waals surface area contributed by atoms with Gasteiger partial charge in [-0.05, 0) is 18.8 Å². The highest BCUT2D eigenvalue weighted by atomic mass is 32.1. The van der Waals surface area contributed by atoms with Gasteiger partial charge in [0.2, 0.25) is 5.13 Å². The fraction of sp³-hybridized carbons (Fsp3) is 0.438. The van der Waals surface area contributed by atoms with Crippen molar-refractivity contribution < 1.29 is 14.6 Å². The van der Waals surface area contributed by atoms with Crippen LogP contribution in [0.3, 0.4) is 0 Å². The maximum absolute atomic E-state index is 11.5. The van der Waals surface area contributed by atoms with Crippen molar-refractivity contribution in [2.24, 2.45) is 11.8 Å². The second-order valence-corrected chi connectivity index (χ2v) is 6.53. The first-order chi connectivity index (χ1) is 11.2. The average Bonchev–Trinajstić information content (AvgIpc) is 3.05. The van der Waals surface area contributed by atoms with E-state index in [1.165, 1.54) is 11.3 Å². The van der Waals surface area contributed by atoms with Crippen molar-refractivity contribution in [2.45, 2.75) is 12.8 Å². The molecule has 122 valence electrons. The Hall–Kier alpha value is -1.99. The summed E-state index contributed by atoms with van der Waals surface area (Å²) >= 11 is 1.44. The molecule has 2 N–H and O–H groups in total. The minimum atomic E-state index is -0.766. The fourth-order valence-electron chi connectivity index (χ4n) is 2.76. The molecular formula is C16H19N3O3S. The zero-order valence-corrected chi connectivity index (χ0v) is 13.5. The Morgan fingerprint density at radius 3 is 2.74 bits per heavy atom. The van der Waals surface area contributed by atoms with Crippen LogP contribution in [0.25, 0.3) is 10.6 Å². The van der Waals surface area contributed by atoms with E-state index in [-0.39, 0.29) is 5.92 Å². The van der Waals surface area contributed by atoms with Crippen LogP contribution in [0.1, 0.15) is 12.8 Å². The standard InChI is InChI=1S/C16H19N3O3S/c20-15(21)13(11-6-8-22-9-7-11)10-17-16-19-18-14(23-16)12-4-2-1-3-5-12/h1-5,11,13H,6-10H2,(H,17,19)(H,20,21). The number of carbonyl (C=O) groups is 1. The molecule has 1 aliphatic rings. The summed E-state index contributed by atoms with van der Waals surface area (Å²) in [5, 5.41) is 22.4. The Bertz CT molecular complexity index is 641. The lowest BCUT2D eigenvalue weighted by Gasteiger charge is -2.27. The summed E-state index contributed by atoms with van der Waals surface area (Å²) in [6, 6.07) is 9.82. The van der Waals surface area contributed by atoms with Crippen molar-refractivity contribution in [2.75, 3.05) is 25.1 Å². The number of rotatable bonds is 6. The first-order valence-electron chi connectivity index (χ1n) is 7.67. The number of nitrogens with zero attached hydrogens (tertiary/aromatic N) is 2. The second kappa shape index (κ2) is 7.52. The highest BCUT2D eigenvalue weighted by Gasteiger charge is 2.29. The third kappa shape index (κ3) is 4.05. The van der Waals surface area contributed by atoms with E-state index in [9.17, 15) is 9.90 Å². The first-order valence-corrected chi connectivity index (χ1v) is 8.49. The lowest BCUT2D eigenvalue weighted by molar-refractivity contribution is -0.144. The molecule has 2 heterocycles. The molecule has 1 unspecified atom stereocenters. The van der Waals surface area contributed by atoms with E-state index in [0.717, 1.165) is 23.4 Å². The highest BCUT2D eigenvalue weighted by Crippen LogP contribution is 2.28. The van der Waals surface area contributed by atoms with Crippen LogP contribution in [0.4, 0.5) is 5.13 Å². The van der Waals surface area contributed by atoms with Gasteiger partial charge in [-0.2, -0.15) is 0 Å². The van der Waals surface area contributed by atoms with Gasteiger partial charge in [-0.15, -0.1) is 10.2 Å². The number of carboxylic acids is 1. The van der Waals surface area contributed by atoms with Crippen molar-refractivity contribution in [1.29, 1.82) is 0 Å². The maximum Gasteiger partial charge on any atom is 0.308 e. The first kappa shape index (κ1) is 15.9.